The Kier molecular flexibility index (Phi) is 5.28. The molecule has 0 bridgehead atoms. The maximum absolute atomic E-state index is 12.1. The van der Waals surface area contributed by atoms with Crippen LogP contribution < -0.4 is 5.43 Å². The molecular weight excluding hydrogens is 328 g/mol. The van der Waals surface area contributed by atoms with Crippen LogP contribution in [0.25, 0.3) is 0 Å². The number of nitrogens with one attached hydrogen (secondary N) is 1. The quantitative estimate of drug-likeness (QED) is 0.654. The summed E-state index contributed by atoms with van der Waals surface area (Å²) in [5, 5.41) is 4.30. The van der Waals surface area contributed by atoms with E-state index < -0.39 is 0 Å². The van der Waals surface area contributed by atoms with Gasteiger partial charge >= 0.3 is 0 Å². The van der Waals surface area contributed by atoms with Crippen LogP contribution in [0.4, 0.5) is 0 Å². The number of carbonyl (C=O) groups excluding carboxylic acids is 1. The Morgan fingerprint density at radius 3 is 2.33 bits per heavy atom. The second-order valence-corrected chi connectivity index (χ2v) is 5.88. The molecule has 2 aromatic carbocycles. The van der Waals surface area contributed by atoms with Crippen molar-refractivity contribution in [3.8, 4) is 0 Å². The highest BCUT2D eigenvalue weighted by Crippen LogP contribution is 2.12. The van der Waals surface area contributed by atoms with Gasteiger partial charge in [0.15, 0.2) is 0 Å². The summed E-state index contributed by atoms with van der Waals surface area (Å²) in [6, 6.07) is 17.1. The average molecular weight is 345 g/mol. The first-order valence-corrected chi connectivity index (χ1v) is 7.56. The zero-order chi connectivity index (χ0) is 15.2. The summed E-state index contributed by atoms with van der Waals surface area (Å²) in [5.74, 6) is 0.000547. The lowest BCUT2D eigenvalue weighted by Gasteiger charge is -2.10. The van der Waals surface area contributed by atoms with Crippen molar-refractivity contribution in [1.82, 2.24) is 5.43 Å². The van der Waals surface area contributed by atoms with Gasteiger partial charge in [0.05, 0.1) is 5.71 Å². The minimum absolute atomic E-state index is 0.217. The first-order valence-electron chi connectivity index (χ1n) is 6.77. The molecule has 108 valence electrons. The van der Waals surface area contributed by atoms with Crippen LogP contribution in [-0.4, -0.2) is 11.6 Å². The molecule has 2 aromatic rings. The lowest BCUT2D eigenvalue weighted by atomic mass is 10.0. The van der Waals surface area contributed by atoms with Crippen LogP contribution in [0.15, 0.2) is 64.2 Å². The van der Waals surface area contributed by atoms with E-state index in [-0.39, 0.29) is 11.8 Å². The van der Waals surface area contributed by atoms with Crippen LogP contribution in [0.5, 0.6) is 0 Å². The molecule has 0 unspecified atom stereocenters. The number of hydrazone groups is 1. The molecular formula is C17H17BrN2O. The molecule has 3 nitrogen and oxygen atoms in total. The van der Waals surface area contributed by atoms with E-state index in [0.29, 0.717) is 5.56 Å². The van der Waals surface area contributed by atoms with Crippen LogP contribution >= 0.6 is 15.9 Å². The number of hydrogen-bond acceptors (Lipinski definition) is 2. The van der Waals surface area contributed by atoms with Crippen LogP contribution in [0.3, 0.4) is 0 Å². The fourth-order valence-electron chi connectivity index (χ4n) is 1.94. The lowest BCUT2D eigenvalue weighted by Crippen LogP contribution is -2.22. The van der Waals surface area contributed by atoms with Gasteiger partial charge in [0.1, 0.15) is 0 Å². The van der Waals surface area contributed by atoms with E-state index >= 15 is 0 Å². The zero-order valence-corrected chi connectivity index (χ0v) is 13.6. The molecule has 0 spiro atoms. The normalized spacial score (nSPS) is 11.5. The number of amides is 1. The van der Waals surface area contributed by atoms with E-state index in [1.165, 1.54) is 0 Å². The van der Waals surface area contributed by atoms with E-state index in [1.54, 1.807) is 12.1 Å². The van der Waals surface area contributed by atoms with Crippen molar-refractivity contribution in [2.24, 2.45) is 11.0 Å². The molecule has 0 aliphatic heterocycles. The van der Waals surface area contributed by atoms with Gasteiger partial charge in [-0.25, -0.2) is 5.43 Å². The summed E-state index contributed by atoms with van der Waals surface area (Å²) in [4.78, 5) is 12.1. The second-order valence-electron chi connectivity index (χ2n) is 4.97. The summed E-state index contributed by atoms with van der Waals surface area (Å²) in [5.41, 5.74) is 5.08. The molecule has 2 rings (SSSR count). The van der Waals surface area contributed by atoms with Crippen molar-refractivity contribution in [2.45, 2.75) is 13.8 Å². The Bertz CT molecular complexity index is 651. The standard InChI is InChI=1S/C17H17BrN2O/c1-12(2)16(13-7-4-3-5-8-13)19-20-17(21)14-9-6-10-15(18)11-14/h3-12H,1-2H3,(H,20,21)/b19-16+. The molecule has 0 heterocycles. The molecule has 4 heteroatoms. The monoisotopic (exact) mass is 344 g/mol. The minimum Gasteiger partial charge on any atom is -0.267 e. The SMILES string of the molecule is CC(C)/C(=N\NC(=O)c1cccc(Br)c1)c1ccccc1. The van der Waals surface area contributed by atoms with E-state index in [0.717, 1.165) is 15.7 Å². The maximum Gasteiger partial charge on any atom is 0.271 e. The van der Waals surface area contributed by atoms with Crippen molar-refractivity contribution in [2.75, 3.05) is 0 Å². The molecule has 0 aliphatic carbocycles. The Morgan fingerprint density at radius 2 is 1.71 bits per heavy atom. The van der Waals surface area contributed by atoms with Crippen LogP contribution in [0.2, 0.25) is 0 Å². The van der Waals surface area contributed by atoms with Crippen LogP contribution in [-0.2, 0) is 0 Å². The average Bonchev–Trinajstić information content (AvgIpc) is 2.48. The smallest absolute Gasteiger partial charge is 0.267 e. The van der Waals surface area contributed by atoms with Crippen molar-refractivity contribution in [1.29, 1.82) is 0 Å². The lowest BCUT2D eigenvalue weighted by molar-refractivity contribution is 0.0954. The molecule has 0 fully saturated rings. The number of benzene rings is 2. The van der Waals surface area contributed by atoms with Gasteiger partial charge in [-0.1, -0.05) is 66.2 Å². The van der Waals surface area contributed by atoms with Gasteiger partial charge in [0.2, 0.25) is 0 Å². The van der Waals surface area contributed by atoms with Gasteiger partial charge in [-0.05, 0) is 29.7 Å². The Hall–Kier alpha value is -1.94. The molecule has 0 aliphatic rings. The molecule has 0 aromatic heterocycles. The van der Waals surface area contributed by atoms with E-state index in [4.69, 9.17) is 0 Å². The van der Waals surface area contributed by atoms with Gasteiger partial charge in [-0.3, -0.25) is 4.79 Å². The summed E-state index contributed by atoms with van der Waals surface area (Å²) < 4.78 is 0.867. The van der Waals surface area contributed by atoms with Gasteiger partial charge in [0.25, 0.3) is 5.91 Å². The van der Waals surface area contributed by atoms with Crippen LogP contribution in [0.1, 0.15) is 29.8 Å². The molecule has 0 saturated heterocycles. The number of nitrogens with zero attached hydrogens (tertiary/aromatic N) is 1. The number of carbonyl (C=O) groups is 1. The van der Waals surface area contributed by atoms with Crippen molar-refractivity contribution < 1.29 is 4.79 Å². The van der Waals surface area contributed by atoms with Gasteiger partial charge < -0.3 is 0 Å². The summed E-state index contributed by atoms with van der Waals surface area (Å²) in [6.07, 6.45) is 0. The number of hydrogen-bond donors (Lipinski definition) is 1. The first kappa shape index (κ1) is 15.4. The third-order valence-corrected chi connectivity index (χ3v) is 3.47. The first-order chi connectivity index (χ1) is 10.1. The number of rotatable bonds is 4. The predicted molar refractivity (Wildman–Crippen MR) is 89.4 cm³/mol. The van der Waals surface area contributed by atoms with Gasteiger partial charge in [-0.2, -0.15) is 5.10 Å². The third-order valence-electron chi connectivity index (χ3n) is 2.98. The summed E-state index contributed by atoms with van der Waals surface area (Å²) in [7, 11) is 0. The van der Waals surface area contributed by atoms with E-state index in [1.807, 2.05) is 42.5 Å². The Balaban J connectivity index is 2.19. The largest absolute Gasteiger partial charge is 0.271 e. The fourth-order valence-corrected chi connectivity index (χ4v) is 2.34. The summed E-state index contributed by atoms with van der Waals surface area (Å²) in [6.45, 7) is 4.11. The highest BCUT2D eigenvalue weighted by molar-refractivity contribution is 9.10. The Labute approximate surface area is 133 Å². The van der Waals surface area contributed by atoms with Crippen molar-refractivity contribution in [3.63, 3.8) is 0 Å². The highest BCUT2D eigenvalue weighted by Gasteiger charge is 2.10. The fraction of sp³-hybridized carbons (Fsp3) is 0.176. The molecule has 1 N–H and O–H groups in total. The highest BCUT2D eigenvalue weighted by atomic mass is 79.9. The van der Waals surface area contributed by atoms with Gasteiger partial charge in [0, 0.05) is 10.0 Å². The number of halogens is 1. The second kappa shape index (κ2) is 7.18. The van der Waals surface area contributed by atoms with E-state index in [9.17, 15) is 4.79 Å². The topological polar surface area (TPSA) is 41.5 Å². The summed E-state index contributed by atoms with van der Waals surface area (Å²) >= 11 is 3.35. The van der Waals surface area contributed by atoms with Crippen molar-refractivity contribution in [3.05, 3.63) is 70.2 Å². The molecule has 0 atom stereocenters. The third kappa shape index (κ3) is 4.26. The van der Waals surface area contributed by atoms with Gasteiger partial charge in [-0.15, -0.1) is 0 Å². The molecule has 0 saturated carbocycles. The molecule has 1 amide bonds. The Morgan fingerprint density at radius 1 is 1.05 bits per heavy atom. The zero-order valence-electron chi connectivity index (χ0n) is 12.0. The van der Waals surface area contributed by atoms with Crippen molar-refractivity contribution >= 4 is 27.5 Å². The van der Waals surface area contributed by atoms with Crippen LogP contribution in [0, 0.1) is 5.92 Å². The molecule has 21 heavy (non-hydrogen) atoms. The maximum atomic E-state index is 12.1. The predicted octanol–water partition coefficient (Wildman–Crippen LogP) is 4.24. The molecule has 0 radical (unpaired) electrons. The minimum atomic E-state index is -0.217. The van der Waals surface area contributed by atoms with E-state index in [2.05, 4.69) is 40.3 Å².